The number of hydrogen-bond acceptors (Lipinski definition) is 2. The average Bonchev–Trinajstić information content (AvgIpc) is 2.47. The number of carbonyl (C=O) groups is 1. The Balaban J connectivity index is 2.54. The minimum absolute atomic E-state index is 0.159. The van der Waals surface area contributed by atoms with Crippen LogP contribution in [0.5, 0.6) is 0 Å². The van der Waals surface area contributed by atoms with E-state index in [0.717, 1.165) is 11.1 Å². The monoisotopic (exact) mass is 160 g/mol. The zero-order valence-electron chi connectivity index (χ0n) is 6.45. The summed E-state index contributed by atoms with van der Waals surface area (Å²) in [6, 6.07) is 5.52. The molecule has 0 radical (unpaired) electrons. The molecule has 0 saturated carbocycles. The highest BCUT2D eigenvalue weighted by atomic mass is 16.1. The molecule has 0 saturated heterocycles. The molecule has 0 fully saturated rings. The zero-order chi connectivity index (χ0) is 8.55. The molecule has 0 aliphatic carbocycles. The van der Waals surface area contributed by atoms with Gasteiger partial charge in [-0.3, -0.25) is 4.79 Å². The van der Waals surface area contributed by atoms with Gasteiger partial charge in [-0.05, 0) is 17.7 Å². The Hall–Kier alpha value is -1.48. The summed E-state index contributed by atoms with van der Waals surface area (Å²) in [6.07, 6.45) is 1.58. The first-order valence-electron chi connectivity index (χ1n) is 3.72. The highest BCUT2D eigenvalue weighted by Gasteiger charge is 2.14. The second-order valence-corrected chi connectivity index (χ2v) is 2.69. The molecule has 0 aromatic heterocycles. The number of carbonyl (C=O) groups excluding carboxylic acids is 1. The Labute approximate surface area is 69.9 Å². The van der Waals surface area contributed by atoms with Crippen molar-refractivity contribution in [2.45, 2.75) is 6.54 Å². The summed E-state index contributed by atoms with van der Waals surface area (Å²) in [5.41, 5.74) is 8.02. The van der Waals surface area contributed by atoms with Crippen molar-refractivity contribution in [1.29, 1.82) is 0 Å². The van der Waals surface area contributed by atoms with Crippen LogP contribution in [0.15, 0.2) is 23.2 Å². The number of hydrogen-bond donors (Lipinski definition) is 1. The van der Waals surface area contributed by atoms with Crippen molar-refractivity contribution in [2.75, 3.05) is 0 Å². The molecule has 0 bridgehead atoms. The smallest absolute Gasteiger partial charge is 0.277 e. The number of aliphatic imine (C=N–C) groups is 1. The van der Waals surface area contributed by atoms with Gasteiger partial charge in [-0.25, -0.2) is 4.99 Å². The Morgan fingerprint density at radius 2 is 2.25 bits per heavy atom. The Morgan fingerprint density at radius 3 is 3.00 bits per heavy atom. The van der Waals surface area contributed by atoms with Crippen molar-refractivity contribution in [2.24, 2.45) is 10.7 Å². The van der Waals surface area contributed by atoms with E-state index in [4.69, 9.17) is 5.73 Å². The highest BCUT2D eigenvalue weighted by Crippen LogP contribution is 2.15. The number of nitrogens with zero attached hydrogens (tertiary/aromatic N) is 1. The van der Waals surface area contributed by atoms with Gasteiger partial charge in [0.25, 0.3) is 5.91 Å². The molecule has 2 N–H and O–H groups in total. The lowest BCUT2D eigenvalue weighted by Crippen LogP contribution is -1.98. The molecule has 12 heavy (non-hydrogen) atoms. The number of fused-ring (bicyclic) bond motifs is 1. The summed E-state index contributed by atoms with van der Waals surface area (Å²) in [5.74, 6) is -0.159. The minimum Gasteiger partial charge on any atom is -0.326 e. The van der Waals surface area contributed by atoms with Gasteiger partial charge in [-0.1, -0.05) is 6.07 Å². The maximum Gasteiger partial charge on any atom is 0.277 e. The molecule has 1 aliphatic heterocycles. The van der Waals surface area contributed by atoms with Crippen LogP contribution in [0, 0.1) is 0 Å². The van der Waals surface area contributed by atoms with E-state index in [9.17, 15) is 4.79 Å². The number of rotatable bonds is 1. The van der Waals surface area contributed by atoms with Crippen LogP contribution in [0.1, 0.15) is 21.5 Å². The highest BCUT2D eigenvalue weighted by molar-refractivity contribution is 6.12. The Kier molecular flexibility index (Phi) is 1.52. The van der Waals surface area contributed by atoms with E-state index < -0.39 is 0 Å². The summed E-state index contributed by atoms with van der Waals surface area (Å²) in [7, 11) is 0. The number of benzene rings is 1. The van der Waals surface area contributed by atoms with E-state index in [0.29, 0.717) is 12.1 Å². The summed E-state index contributed by atoms with van der Waals surface area (Å²) in [4.78, 5) is 14.7. The van der Waals surface area contributed by atoms with E-state index >= 15 is 0 Å². The molecule has 0 atom stereocenters. The normalized spacial score (nSPS) is 13.6. The van der Waals surface area contributed by atoms with Crippen LogP contribution < -0.4 is 5.73 Å². The van der Waals surface area contributed by atoms with Crippen LogP contribution >= 0.6 is 0 Å². The molecular weight excluding hydrogens is 152 g/mol. The molecule has 1 aromatic carbocycles. The van der Waals surface area contributed by atoms with Crippen molar-refractivity contribution in [1.82, 2.24) is 0 Å². The van der Waals surface area contributed by atoms with Crippen LogP contribution in [-0.4, -0.2) is 12.1 Å². The van der Waals surface area contributed by atoms with Crippen molar-refractivity contribution >= 4 is 12.1 Å². The first-order chi connectivity index (χ1) is 5.81. The fourth-order valence-electron chi connectivity index (χ4n) is 1.24. The zero-order valence-corrected chi connectivity index (χ0v) is 6.45. The van der Waals surface area contributed by atoms with Gasteiger partial charge in [-0.2, -0.15) is 0 Å². The fraction of sp³-hybridized carbons (Fsp3) is 0.111. The molecule has 3 nitrogen and oxygen atoms in total. The molecule has 2 rings (SSSR count). The van der Waals surface area contributed by atoms with Crippen LogP contribution in [0.2, 0.25) is 0 Å². The topological polar surface area (TPSA) is 55.4 Å². The second-order valence-electron chi connectivity index (χ2n) is 2.69. The van der Waals surface area contributed by atoms with Gasteiger partial charge in [0, 0.05) is 18.3 Å². The predicted octanol–water partition coefficient (Wildman–Crippen LogP) is 0.718. The SMILES string of the molecule is NCc1ccc2c(c1)C=NC2=O. The van der Waals surface area contributed by atoms with Gasteiger partial charge < -0.3 is 5.73 Å². The fourth-order valence-corrected chi connectivity index (χ4v) is 1.24. The predicted molar refractivity (Wildman–Crippen MR) is 46.3 cm³/mol. The molecular formula is C9H8N2O. The first-order valence-corrected chi connectivity index (χ1v) is 3.72. The van der Waals surface area contributed by atoms with Gasteiger partial charge in [0.1, 0.15) is 0 Å². The maximum absolute atomic E-state index is 11.0. The summed E-state index contributed by atoms with van der Waals surface area (Å²) < 4.78 is 0. The molecule has 1 aromatic rings. The Morgan fingerprint density at radius 1 is 1.42 bits per heavy atom. The van der Waals surface area contributed by atoms with Crippen LogP contribution in [0.3, 0.4) is 0 Å². The lowest BCUT2D eigenvalue weighted by Gasteiger charge is -1.98. The largest absolute Gasteiger partial charge is 0.326 e. The van der Waals surface area contributed by atoms with Crippen LogP contribution in [0.25, 0.3) is 0 Å². The third-order valence-electron chi connectivity index (χ3n) is 1.90. The number of nitrogens with two attached hydrogens (primary N) is 1. The van der Waals surface area contributed by atoms with Crippen molar-refractivity contribution in [3.05, 3.63) is 34.9 Å². The van der Waals surface area contributed by atoms with E-state index in [2.05, 4.69) is 4.99 Å². The van der Waals surface area contributed by atoms with E-state index in [1.807, 2.05) is 12.1 Å². The van der Waals surface area contributed by atoms with E-state index in [1.54, 1.807) is 12.3 Å². The third kappa shape index (κ3) is 0.950. The van der Waals surface area contributed by atoms with Gasteiger partial charge >= 0.3 is 0 Å². The van der Waals surface area contributed by atoms with Crippen LogP contribution in [0.4, 0.5) is 0 Å². The Bertz CT molecular complexity index is 369. The minimum atomic E-state index is -0.159. The van der Waals surface area contributed by atoms with Crippen molar-refractivity contribution < 1.29 is 4.79 Å². The molecule has 1 heterocycles. The lowest BCUT2D eigenvalue weighted by molar-refractivity contribution is 0.101. The van der Waals surface area contributed by atoms with E-state index in [1.165, 1.54) is 0 Å². The third-order valence-corrected chi connectivity index (χ3v) is 1.90. The number of amides is 1. The molecule has 1 aliphatic rings. The van der Waals surface area contributed by atoms with Gasteiger partial charge in [0.2, 0.25) is 0 Å². The summed E-state index contributed by atoms with van der Waals surface area (Å²) in [5, 5.41) is 0. The van der Waals surface area contributed by atoms with Gasteiger partial charge in [-0.15, -0.1) is 0 Å². The second kappa shape index (κ2) is 2.53. The molecule has 0 spiro atoms. The van der Waals surface area contributed by atoms with Crippen molar-refractivity contribution in [3.8, 4) is 0 Å². The summed E-state index contributed by atoms with van der Waals surface area (Å²) >= 11 is 0. The first kappa shape index (κ1) is 7.18. The molecule has 3 heteroatoms. The lowest BCUT2D eigenvalue weighted by atomic mass is 10.1. The van der Waals surface area contributed by atoms with Crippen LogP contribution in [-0.2, 0) is 6.54 Å². The standard InChI is InChI=1S/C9H8N2O/c10-4-6-1-2-8-7(3-6)5-11-9(8)12/h1-3,5H,4,10H2. The quantitative estimate of drug-likeness (QED) is 0.658. The molecule has 60 valence electrons. The van der Waals surface area contributed by atoms with E-state index in [-0.39, 0.29) is 5.91 Å². The molecule has 1 amide bonds. The van der Waals surface area contributed by atoms with Gasteiger partial charge in [0.15, 0.2) is 0 Å². The van der Waals surface area contributed by atoms with Crippen molar-refractivity contribution in [3.63, 3.8) is 0 Å². The molecule has 0 unspecified atom stereocenters. The van der Waals surface area contributed by atoms with Gasteiger partial charge in [0.05, 0.1) is 5.56 Å². The summed E-state index contributed by atoms with van der Waals surface area (Å²) in [6.45, 7) is 0.495. The maximum atomic E-state index is 11.0. The average molecular weight is 160 g/mol.